The number of nitrogens with two attached hydrogens (primary N) is 1. The fourth-order valence-corrected chi connectivity index (χ4v) is 3.00. The summed E-state index contributed by atoms with van der Waals surface area (Å²) in [6, 6.07) is 1.43. The minimum Gasteiger partial charge on any atom is -0.351 e. The average molecular weight is 280 g/mol. The van der Waals surface area contributed by atoms with Crippen molar-refractivity contribution in [2.75, 3.05) is 13.1 Å². The normalized spacial score (nSPS) is 21.9. The minimum atomic E-state index is -0.512. The van der Waals surface area contributed by atoms with Gasteiger partial charge in [-0.15, -0.1) is 0 Å². The van der Waals surface area contributed by atoms with E-state index in [0.29, 0.717) is 19.0 Å². The lowest BCUT2D eigenvalue weighted by atomic mass is 10.0. The van der Waals surface area contributed by atoms with Gasteiger partial charge < -0.3 is 15.6 Å². The summed E-state index contributed by atoms with van der Waals surface area (Å²) < 4.78 is 0. The van der Waals surface area contributed by atoms with Crippen LogP contribution in [0.25, 0.3) is 0 Å². The van der Waals surface area contributed by atoms with E-state index in [4.69, 9.17) is 5.73 Å². The first-order chi connectivity index (χ1) is 9.58. The minimum absolute atomic E-state index is 0.0915. The first kappa shape index (κ1) is 14.5. The number of H-pyrrole nitrogens is 1. The van der Waals surface area contributed by atoms with Crippen LogP contribution >= 0.6 is 0 Å². The van der Waals surface area contributed by atoms with Crippen LogP contribution in [0.5, 0.6) is 0 Å². The second-order valence-electron chi connectivity index (χ2n) is 5.11. The third kappa shape index (κ3) is 2.67. The predicted octanol–water partition coefficient (Wildman–Crippen LogP) is 1.51. The molecule has 0 aromatic carbocycles. The Labute approximate surface area is 117 Å². The Kier molecular flexibility index (Phi) is 4.39. The van der Waals surface area contributed by atoms with Crippen molar-refractivity contribution in [2.45, 2.75) is 32.2 Å². The van der Waals surface area contributed by atoms with Gasteiger partial charge >= 0.3 is 0 Å². The van der Waals surface area contributed by atoms with Crippen LogP contribution in [-0.4, -0.2) is 39.8 Å². The largest absolute Gasteiger partial charge is 0.351 e. The van der Waals surface area contributed by atoms with Crippen LogP contribution in [0.1, 0.15) is 36.7 Å². The number of nitrogens with zero attached hydrogens (tertiary/aromatic N) is 2. The molecule has 1 aliphatic carbocycles. The zero-order chi connectivity index (χ0) is 14.7. The molecule has 2 unspecified atom stereocenters. The molecule has 1 fully saturated rings. The van der Waals surface area contributed by atoms with Gasteiger partial charge in [0.25, 0.3) is 11.6 Å². The van der Waals surface area contributed by atoms with Crippen molar-refractivity contribution in [1.29, 1.82) is 0 Å². The van der Waals surface area contributed by atoms with Crippen LogP contribution in [0, 0.1) is 16.0 Å². The van der Waals surface area contributed by atoms with Gasteiger partial charge in [0.1, 0.15) is 5.69 Å². The molecule has 110 valence electrons. The highest BCUT2D eigenvalue weighted by Gasteiger charge is 2.34. The third-order valence-corrected chi connectivity index (χ3v) is 4.03. The summed E-state index contributed by atoms with van der Waals surface area (Å²) in [5, 5.41) is 10.7. The van der Waals surface area contributed by atoms with E-state index in [2.05, 4.69) is 4.98 Å². The molecule has 20 heavy (non-hydrogen) atoms. The molecular weight excluding hydrogens is 260 g/mol. The maximum absolute atomic E-state index is 12.5. The van der Waals surface area contributed by atoms with Crippen molar-refractivity contribution in [3.8, 4) is 0 Å². The van der Waals surface area contributed by atoms with Crippen molar-refractivity contribution in [1.82, 2.24) is 9.88 Å². The molecular formula is C13H20N4O3. The quantitative estimate of drug-likeness (QED) is 0.630. The number of aromatic nitrogens is 1. The monoisotopic (exact) mass is 280 g/mol. The SMILES string of the molecule is CCN(C(=O)c1cc([N+](=O)[O-])c[nH]1)C1CCCC1CN. The van der Waals surface area contributed by atoms with Crippen molar-refractivity contribution in [2.24, 2.45) is 11.7 Å². The Morgan fingerprint density at radius 3 is 2.90 bits per heavy atom. The molecule has 1 aromatic rings. The second-order valence-corrected chi connectivity index (χ2v) is 5.11. The van der Waals surface area contributed by atoms with E-state index >= 15 is 0 Å². The number of nitro groups is 1. The van der Waals surface area contributed by atoms with E-state index in [9.17, 15) is 14.9 Å². The Balaban J connectivity index is 2.17. The Morgan fingerprint density at radius 1 is 1.60 bits per heavy atom. The molecule has 3 N–H and O–H groups in total. The average Bonchev–Trinajstić information content (AvgIpc) is 3.08. The third-order valence-electron chi connectivity index (χ3n) is 4.03. The topological polar surface area (TPSA) is 105 Å². The zero-order valence-corrected chi connectivity index (χ0v) is 11.5. The van der Waals surface area contributed by atoms with Gasteiger partial charge in [-0.2, -0.15) is 0 Å². The maximum Gasteiger partial charge on any atom is 0.287 e. The van der Waals surface area contributed by atoms with Crippen LogP contribution in [0.15, 0.2) is 12.3 Å². The first-order valence-electron chi connectivity index (χ1n) is 6.92. The molecule has 1 amide bonds. The second kappa shape index (κ2) is 6.04. The molecule has 0 spiro atoms. The molecule has 7 heteroatoms. The smallest absolute Gasteiger partial charge is 0.287 e. The van der Waals surface area contributed by atoms with Crippen LogP contribution in [0.4, 0.5) is 5.69 Å². The van der Waals surface area contributed by atoms with Gasteiger partial charge in [-0.3, -0.25) is 14.9 Å². The summed E-state index contributed by atoms with van der Waals surface area (Å²) in [6.45, 7) is 3.06. The van der Waals surface area contributed by atoms with E-state index in [0.717, 1.165) is 19.3 Å². The van der Waals surface area contributed by atoms with Crippen molar-refractivity contribution < 1.29 is 9.72 Å². The summed E-state index contributed by atoms with van der Waals surface area (Å²) in [7, 11) is 0. The summed E-state index contributed by atoms with van der Waals surface area (Å²) in [4.78, 5) is 27.1. The molecule has 0 bridgehead atoms. The van der Waals surface area contributed by atoms with Gasteiger partial charge in [-0.05, 0) is 32.2 Å². The zero-order valence-electron chi connectivity index (χ0n) is 11.5. The summed E-state index contributed by atoms with van der Waals surface area (Å²) in [5.74, 6) is 0.134. The van der Waals surface area contributed by atoms with Gasteiger partial charge in [0.15, 0.2) is 0 Å². The summed E-state index contributed by atoms with van der Waals surface area (Å²) in [6.07, 6.45) is 4.30. The molecule has 1 aromatic heterocycles. The molecule has 1 heterocycles. The fourth-order valence-electron chi connectivity index (χ4n) is 3.00. The number of hydrogen-bond donors (Lipinski definition) is 2. The van der Waals surface area contributed by atoms with Crippen LogP contribution < -0.4 is 5.73 Å². The van der Waals surface area contributed by atoms with Crippen LogP contribution in [-0.2, 0) is 0 Å². The molecule has 2 atom stereocenters. The van der Waals surface area contributed by atoms with E-state index in [1.54, 1.807) is 4.90 Å². The standard InChI is InChI=1S/C13H20N4O3/c1-2-16(12-5-3-4-9(12)7-14)13(18)11-6-10(8-15-11)17(19)20/h6,8-9,12,15H,2-5,7,14H2,1H3. The van der Waals surface area contributed by atoms with Crippen molar-refractivity contribution >= 4 is 11.6 Å². The van der Waals surface area contributed by atoms with E-state index < -0.39 is 4.92 Å². The first-order valence-corrected chi connectivity index (χ1v) is 6.92. The highest BCUT2D eigenvalue weighted by molar-refractivity contribution is 5.93. The molecule has 1 saturated carbocycles. The maximum atomic E-state index is 12.5. The Bertz CT molecular complexity index is 500. The number of nitrogens with one attached hydrogen (secondary N) is 1. The molecule has 7 nitrogen and oxygen atoms in total. The van der Waals surface area contributed by atoms with Crippen LogP contribution in [0.2, 0.25) is 0 Å². The van der Waals surface area contributed by atoms with Gasteiger partial charge in [-0.25, -0.2) is 0 Å². The molecule has 2 rings (SSSR count). The number of amides is 1. The van der Waals surface area contributed by atoms with Crippen molar-refractivity contribution in [3.63, 3.8) is 0 Å². The van der Waals surface area contributed by atoms with Crippen molar-refractivity contribution in [3.05, 3.63) is 28.1 Å². The lowest BCUT2D eigenvalue weighted by Crippen LogP contribution is -2.44. The van der Waals surface area contributed by atoms with Gasteiger partial charge in [0.2, 0.25) is 0 Å². The number of carbonyl (C=O) groups is 1. The van der Waals surface area contributed by atoms with E-state index in [-0.39, 0.29) is 23.3 Å². The Morgan fingerprint density at radius 2 is 2.35 bits per heavy atom. The van der Waals surface area contributed by atoms with Crippen LogP contribution in [0.3, 0.4) is 0 Å². The number of hydrogen-bond acceptors (Lipinski definition) is 4. The predicted molar refractivity (Wildman–Crippen MR) is 74.3 cm³/mol. The lowest BCUT2D eigenvalue weighted by Gasteiger charge is -2.31. The van der Waals surface area contributed by atoms with E-state index in [1.807, 2.05) is 6.92 Å². The number of carbonyl (C=O) groups excluding carboxylic acids is 1. The Hall–Kier alpha value is -1.89. The highest BCUT2D eigenvalue weighted by atomic mass is 16.6. The highest BCUT2D eigenvalue weighted by Crippen LogP contribution is 2.30. The molecule has 0 aliphatic heterocycles. The lowest BCUT2D eigenvalue weighted by molar-refractivity contribution is -0.384. The molecule has 1 aliphatic rings. The van der Waals surface area contributed by atoms with Gasteiger partial charge in [0.05, 0.1) is 11.1 Å². The molecule has 0 saturated heterocycles. The fraction of sp³-hybridized carbons (Fsp3) is 0.615. The number of rotatable bonds is 5. The van der Waals surface area contributed by atoms with Gasteiger partial charge in [0, 0.05) is 18.7 Å². The molecule has 0 radical (unpaired) electrons. The summed E-state index contributed by atoms with van der Waals surface area (Å²) in [5.41, 5.74) is 5.94. The van der Waals surface area contributed by atoms with Gasteiger partial charge in [-0.1, -0.05) is 6.42 Å². The number of aromatic amines is 1. The summed E-state index contributed by atoms with van der Waals surface area (Å²) >= 11 is 0. The van der Waals surface area contributed by atoms with E-state index in [1.165, 1.54) is 12.3 Å².